The number of amides is 4. The molecule has 0 atom stereocenters. The fourth-order valence-corrected chi connectivity index (χ4v) is 6.39. The number of benzene rings is 4. The van der Waals surface area contributed by atoms with Crippen molar-refractivity contribution in [2.24, 2.45) is 5.41 Å². The SMILES string of the molecule is COCCCCOC(=O)Nc1ccc(Cc2ccc(NC(=O)OC(C)(C)CC(C)(C)C(C)(C)OC(=O)Nc3ccc(Cc4ccc(NC(C)=O)cc4)cc3)cc2)cc1. The summed E-state index contributed by atoms with van der Waals surface area (Å²) in [5.41, 5.74) is 4.42. The highest BCUT2D eigenvalue weighted by Crippen LogP contribution is 2.42. The van der Waals surface area contributed by atoms with Crippen LogP contribution in [0.25, 0.3) is 0 Å². The lowest BCUT2D eigenvalue weighted by Crippen LogP contribution is -2.48. The number of anilines is 4. The number of hydrogen-bond acceptors (Lipinski definition) is 8. The largest absolute Gasteiger partial charge is 0.449 e. The van der Waals surface area contributed by atoms with Gasteiger partial charge in [-0.1, -0.05) is 62.4 Å². The third-order valence-corrected chi connectivity index (χ3v) is 9.88. The lowest BCUT2D eigenvalue weighted by Gasteiger charge is -2.44. The molecule has 0 radical (unpaired) electrons. The van der Waals surface area contributed by atoms with Crippen molar-refractivity contribution >= 4 is 46.9 Å². The highest BCUT2D eigenvalue weighted by molar-refractivity contribution is 5.88. The first-order valence-electron chi connectivity index (χ1n) is 19.5. The molecule has 12 heteroatoms. The maximum atomic E-state index is 13.1. The molecule has 4 amide bonds. The van der Waals surface area contributed by atoms with Crippen LogP contribution in [0.5, 0.6) is 0 Å². The second-order valence-corrected chi connectivity index (χ2v) is 16.1. The van der Waals surface area contributed by atoms with Crippen molar-refractivity contribution in [1.82, 2.24) is 0 Å². The number of carbonyl (C=O) groups is 4. The minimum Gasteiger partial charge on any atom is -0.449 e. The summed E-state index contributed by atoms with van der Waals surface area (Å²) < 4.78 is 22.0. The molecule has 0 aliphatic heterocycles. The second-order valence-electron chi connectivity index (χ2n) is 16.1. The molecular weight excluding hydrogens is 737 g/mol. The molecule has 4 N–H and O–H groups in total. The summed E-state index contributed by atoms with van der Waals surface area (Å²) in [4.78, 5) is 49.4. The molecular formula is C46H58N4O8. The summed E-state index contributed by atoms with van der Waals surface area (Å²) in [6, 6.07) is 30.3. The van der Waals surface area contributed by atoms with Crippen LogP contribution in [0.15, 0.2) is 97.1 Å². The van der Waals surface area contributed by atoms with Gasteiger partial charge in [0, 0.05) is 48.8 Å². The van der Waals surface area contributed by atoms with Gasteiger partial charge >= 0.3 is 18.3 Å². The van der Waals surface area contributed by atoms with Gasteiger partial charge in [0.15, 0.2) is 0 Å². The zero-order chi connectivity index (χ0) is 42.3. The van der Waals surface area contributed by atoms with Gasteiger partial charge in [-0.05, 0) is 131 Å². The van der Waals surface area contributed by atoms with Crippen LogP contribution in [0, 0.1) is 5.41 Å². The topological polar surface area (TPSA) is 153 Å². The first kappa shape index (κ1) is 44.8. The van der Waals surface area contributed by atoms with Crippen LogP contribution < -0.4 is 21.3 Å². The number of ether oxygens (including phenoxy) is 4. The predicted octanol–water partition coefficient (Wildman–Crippen LogP) is 10.6. The Balaban J connectivity index is 1.21. The van der Waals surface area contributed by atoms with E-state index in [1.807, 2.05) is 139 Å². The number of nitrogens with one attached hydrogen (secondary N) is 4. The first-order chi connectivity index (χ1) is 27.4. The quantitative estimate of drug-likeness (QED) is 0.0573. The zero-order valence-corrected chi connectivity index (χ0v) is 35.0. The smallest absolute Gasteiger partial charge is 0.412 e. The van der Waals surface area contributed by atoms with E-state index in [1.54, 1.807) is 7.11 Å². The Morgan fingerprint density at radius 1 is 0.500 bits per heavy atom. The average molecular weight is 795 g/mol. The van der Waals surface area contributed by atoms with Crippen LogP contribution in [0.4, 0.5) is 37.1 Å². The summed E-state index contributed by atoms with van der Waals surface area (Å²) in [6.45, 7) is 13.8. The van der Waals surface area contributed by atoms with E-state index in [2.05, 4.69) is 21.3 Å². The van der Waals surface area contributed by atoms with Gasteiger partial charge < -0.3 is 24.3 Å². The molecule has 4 rings (SSSR count). The lowest BCUT2D eigenvalue weighted by atomic mass is 9.70. The van der Waals surface area contributed by atoms with Crippen molar-refractivity contribution in [3.05, 3.63) is 119 Å². The maximum absolute atomic E-state index is 13.1. The molecule has 0 aliphatic carbocycles. The molecule has 0 heterocycles. The molecule has 0 saturated carbocycles. The number of rotatable bonds is 18. The van der Waals surface area contributed by atoms with Gasteiger partial charge in [-0.3, -0.25) is 20.7 Å². The summed E-state index contributed by atoms with van der Waals surface area (Å²) in [5, 5.41) is 11.2. The zero-order valence-electron chi connectivity index (χ0n) is 35.0. The van der Waals surface area contributed by atoms with Gasteiger partial charge in [-0.2, -0.15) is 0 Å². The predicted molar refractivity (Wildman–Crippen MR) is 229 cm³/mol. The van der Waals surface area contributed by atoms with Crippen LogP contribution in [0.1, 0.15) is 90.0 Å². The van der Waals surface area contributed by atoms with E-state index in [0.717, 1.165) is 40.8 Å². The van der Waals surface area contributed by atoms with Crippen molar-refractivity contribution in [3.63, 3.8) is 0 Å². The van der Waals surface area contributed by atoms with Crippen molar-refractivity contribution in [2.45, 2.75) is 91.8 Å². The van der Waals surface area contributed by atoms with Crippen LogP contribution in [-0.2, 0) is 36.6 Å². The number of methoxy groups -OCH3 is 1. The Morgan fingerprint density at radius 3 is 1.26 bits per heavy atom. The minimum atomic E-state index is -0.930. The summed E-state index contributed by atoms with van der Waals surface area (Å²) in [7, 11) is 1.64. The second kappa shape index (κ2) is 20.5. The molecule has 310 valence electrons. The van der Waals surface area contributed by atoms with Gasteiger partial charge in [-0.15, -0.1) is 0 Å². The molecule has 0 aromatic heterocycles. The molecule has 0 saturated heterocycles. The number of carbonyl (C=O) groups excluding carboxylic acids is 4. The van der Waals surface area contributed by atoms with E-state index in [1.165, 1.54) is 6.92 Å². The van der Waals surface area contributed by atoms with Crippen LogP contribution in [-0.4, -0.2) is 55.7 Å². The molecule has 0 bridgehead atoms. The first-order valence-corrected chi connectivity index (χ1v) is 19.5. The molecule has 4 aromatic rings. The van der Waals surface area contributed by atoms with Gasteiger partial charge in [0.05, 0.1) is 6.61 Å². The van der Waals surface area contributed by atoms with E-state index in [9.17, 15) is 19.2 Å². The number of hydrogen-bond donors (Lipinski definition) is 4. The van der Waals surface area contributed by atoms with Crippen molar-refractivity contribution < 1.29 is 38.1 Å². The van der Waals surface area contributed by atoms with E-state index in [0.29, 0.717) is 49.5 Å². The van der Waals surface area contributed by atoms with E-state index < -0.39 is 34.9 Å². The van der Waals surface area contributed by atoms with Gasteiger partial charge in [0.25, 0.3) is 0 Å². The molecule has 0 unspecified atom stereocenters. The lowest BCUT2D eigenvalue weighted by molar-refractivity contribution is -0.114. The third kappa shape index (κ3) is 14.9. The van der Waals surface area contributed by atoms with E-state index in [-0.39, 0.29) is 5.91 Å². The Labute approximate surface area is 342 Å². The average Bonchev–Trinajstić information content (AvgIpc) is 3.13. The Hall–Kier alpha value is -5.88. The Bertz CT molecular complexity index is 1960. The fourth-order valence-electron chi connectivity index (χ4n) is 6.39. The third-order valence-electron chi connectivity index (χ3n) is 9.88. The molecule has 0 aliphatic rings. The molecule has 58 heavy (non-hydrogen) atoms. The van der Waals surface area contributed by atoms with Gasteiger partial charge in [0.1, 0.15) is 11.2 Å². The molecule has 0 fully saturated rings. The minimum absolute atomic E-state index is 0.113. The van der Waals surface area contributed by atoms with Crippen molar-refractivity contribution in [2.75, 3.05) is 41.6 Å². The standard InChI is InChI=1S/C46H58N4O8/c1-32(51)47-37-19-11-33(12-20-37)29-36-17-25-40(26-18-36)50-43(54)58-46(6,7)44(2,3)31-45(4,5)57-42(53)49-39-23-15-35(16-24-39)30-34-13-21-38(22-14-34)48-41(52)56-28-10-9-27-55-8/h11-26H,9-10,27-31H2,1-8H3,(H,47,51)(H,48,52)(H,49,53)(H,50,54). The summed E-state index contributed by atoms with van der Waals surface area (Å²) in [6.07, 6.45) is 1.67. The van der Waals surface area contributed by atoms with Gasteiger partial charge in [0.2, 0.25) is 5.91 Å². The molecule has 4 aromatic carbocycles. The molecule has 12 nitrogen and oxygen atoms in total. The van der Waals surface area contributed by atoms with Crippen LogP contribution >= 0.6 is 0 Å². The summed E-state index contributed by atoms with van der Waals surface area (Å²) in [5.74, 6) is -0.113. The monoisotopic (exact) mass is 794 g/mol. The fraction of sp³-hybridized carbons (Fsp3) is 0.391. The normalized spacial score (nSPS) is 11.6. The Morgan fingerprint density at radius 2 is 0.862 bits per heavy atom. The highest BCUT2D eigenvalue weighted by Gasteiger charge is 2.45. The van der Waals surface area contributed by atoms with Gasteiger partial charge in [-0.25, -0.2) is 14.4 Å². The Kier molecular flexibility index (Phi) is 15.9. The summed E-state index contributed by atoms with van der Waals surface area (Å²) >= 11 is 0. The van der Waals surface area contributed by atoms with E-state index in [4.69, 9.17) is 18.9 Å². The van der Waals surface area contributed by atoms with Crippen LogP contribution in [0.3, 0.4) is 0 Å². The van der Waals surface area contributed by atoms with Crippen molar-refractivity contribution in [3.8, 4) is 0 Å². The highest BCUT2D eigenvalue weighted by atomic mass is 16.6. The number of unbranched alkanes of at least 4 members (excludes halogenated alkanes) is 1. The maximum Gasteiger partial charge on any atom is 0.412 e. The van der Waals surface area contributed by atoms with E-state index >= 15 is 0 Å². The van der Waals surface area contributed by atoms with Crippen LogP contribution in [0.2, 0.25) is 0 Å². The molecule has 0 spiro atoms. The van der Waals surface area contributed by atoms with Crippen molar-refractivity contribution in [1.29, 1.82) is 0 Å².